The van der Waals surface area contributed by atoms with E-state index in [9.17, 15) is 18.0 Å². The number of amides is 1. The van der Waals surface area contributed by atoms with Crippen molar-refractivity contribution in [2.24, 2.45) is 0 Å². The van der Waals surface area contributed by atoms with Crippen LogP contribution < -0.4 is 10.1 Å². The second kappa shape index (κ2) is 8.98. The topological polar surface area (TPSA) is 47.6 Å². The van der Waals surface area contributed by atoms with Crippen LogP contribution in [0.4, 0.5) is 13.2 Å². The van der Waals surface area contributed by atoms with Crippen molar-refractivity contribution in [3.8, 4) is 5.75 Å². The lowest BCUT2D eigenvalue weighted by atomic mass is 10.2. The smallest absolute Gasteiger partial charge is 0.411 e. The van der Waals surface area contributed by atoms with E-state index >= 15 is 0 Å². The molecule has 1 aromatic rings. The first-order chi connectivity index (χ1) is 10.7. The Hall–Kier alpha value is -1.47. The average molecular weight is 354 g/mol. The van der Waals surface area contributed by atoms with E-state index in [2.05, 4.69) is 10.1 Å². The lowest BCUT2D eigenvalue weighted by molar-refractivity contribution is -0.174. The summed E-state index contributed by atoms with van der Waals surface area (Å²) in [7, 11) is 0. The van der Waals surface area contributed by atoms with Gasteiger partial charge in [-0.25, -0.2) is 0 Å². The Balaban J connectivity index is 2.25. The van der Waals surface area contributed by atoms with Gasteiger partial charge in [0.1, 0.15) is 12.4 Å². The summed E-state index contributed by atoms with van der Waals surface area (Å²) in [5.74, 6) is 0.163. The maximum atomic E-state index is 11.8. The zero-order chi connectivity index (χ0) is 17.5. The molecular weight excluding hydrogens is 335 g/mol. The van der Waals surface area contributed by atoms with E-state index in [1.165, 1.54) is 0 Å². The van der Waals surface area contributed by atoms with Gasteiger partial charge in [-0.3, -0.25) is 4.79 Å². The average Bonchev–Trinajstić information content (AvgIpc) is 2.45. The molecule has 0 heterocycles. The molecule has 0 bridgehead atoms. The number of rotatable bonds is 8. The fraction of sp³-hybridized carbons (Fsp3) is 0.533. The first-order valence-corrected chi connectivity index (χ1v) is 7.42. The SMILES string of the molecule is Cc1cc(OC(C)C(=O)NCCCOCC(F)(F)F)ccc1Cl. The van der Waals surface area contributed by atoms with Crippen molar-refractivity contribution >= 4 is 17.5 Å². The molecule has 0 aliphatic carbocycles. The molecule has 0 aliphatic rings. The molecule has 1 N–H and O–H groups in total. The highest BCUT2D eigenvalue weighted by atomic mass is 35.5. The lowest BCUT2D eigenvalue weighted by Crippen LogP contribution is -2.37. The molecular formula is C15H19ClF3NO3. The van der Waals surface area contributed by atoms with Crippen molar-refractivity contribution in [3.05, 3.63) is 28.8 Å². The number of carbonyl (C=O) groups is 1. The Bertz CT molecular complexity index is 523. The van der Waals surface area contributed by atoms with Crippen molar-refractivity contribution in [2.45, 2.75) is 32.5 Å². The summed E-state index contributed by atoms with van der Waals surface area (Å²) in [6.07, 6.45) is -4.77. The van der Waals surface area contributed by atoms with Crippen LogP contribution in [0.1, 0.15) is 18.9 Å². The van der Waals surface area contributed by atoms with Gasteiger partial charge < -0.3 is 14.8 Å². The minimum atomic E-state index is -4.33. The largest absolute Gasteiger partial charge is 0.481 e. The minimum absolute atomic E-state index is 0.0780. The monoisotopic (exact) mass is 353 g/mol. The number of alkyl halides is 3. The summed E-state index contributed by atoms with van der Waals surface area (Å²) in [6.45, 7) is 2.26. The fourth-order valence-electron chi connectivity index (χ4n) is 1.67. The molecule has 23 heavy (non-hydrogen) atoms. The van der Waals surface area contributed by atoms with Crippen LogP contribution in [0.2, 0.25) is 5.02 Å². The molecule has 1 aromatic carbocycles. The molecule has 1 rings (SSSR count). The summed E-state index contributed by atoms with van der Waals surface area (Å²) in [5.41, 5.74) is 0.832. The van der Waals surface area contributed by atoms with Crippen LogP contribution in [0, 0.1) is 6.92 Å². The van der Waals surface area contributed by atoms with Crippen molar-refractivity contribution in [2.75, 3.05) is 19.8 Å². The Morgan fingerprint density at radius 3 is 2.70 bits per heavy atom. The quantitative estimate of drug-likeness (QED) is 0.728. The molecule has 1 unspecified atom stereocenters. The summed E-state index contributed by atoms with van der Waals surface area (Å²) >= 11 is 5.90. The maximum Gasteiger partial charge on any atom is 0.411 e. The number of aryl methyl sites for hydroxylation is 1. The van der Waals surface area contributed by atoms with Crippen molar-refractivity contribution in [3.63, 3.8) is 0 Å². The van der Waals surface area contributed by atoms with Gasteiger partial charge in [-0.1, -0.05) is 11.6 Å². The van der Waals surface area contributed by atoms with Gasteiger partial charge in [0.25, 0.3) is 5.91 Å². The Kier molecular flexibility index (Phi) is 7.64. The molecule has 0 radical (unpaired) electrons. The highest BCUT2D eigenvalue weighted by molar-refractivity contribution is 6.31. The fourth-order valence-corrected chi connectivity index (χ4v) is 1.78. The zero-order valence-corrected chi connectivity index (χ0v) is 13.6. The number of nitrogens with one attached hydrogen (secondary N) is 1. The third kappa shape index (κ3) is 8.08. The van der Waals surface area contributed by atoms with Crippen LogP contribution >= 0.6 is 11.6 Å². The van der Waals surface area contributed by atoms with Crippen LogP contribution in [0.25, 0.3) is 0 Å². The third-order valence-corrected chi connectivity index (χ3v) is 3.27. The number of carbonyl (C=O) groups excluding carboxylic acids is 1. The normalized spacial score (nSPS) is 12.8. The van der Waals surface area contributed by atoms with E-state index in [4.69, 9.17) is 16.3 Å². The highest BCUT2D eigenvalue weighted by Gasteiger charge is 2.27. The highest BCUT2D eigenvalue weighted by Crippen LogP contribution is 2.21. The molecule has 1 atom stereocenters. The van der Waals surface area contributed by atoms with Crippen molar-refractivity contribution in [1.29, 1.82) is 0 Å². The van der Waals surface area contributed by atoms with Crippen molar-refractivity contribution < 1.29 is 27.4 Å². The number of hydrogen-bond donors (Lipinski definition) is 1. The molecule has 0 spiro atoms. The number of benzene rings is 1. The number of hydrogen-bond acceptors (Lipinski definition) is 3. The molecule has 0 saturated carbocycles. The second-order valence-corrected chi connectivity index (χ2v) is 5.39. The molecule has 0 aliphatic heterocycles. The lowest BCUT2D eigenvalue weighted by Gasteiger charge is -2.15. The Morgan fingerprint density at radius 2 is 2.09 bits per heavy atom. The van der Waals surface area contributed by atoms with Crippen molar-refractivity contribution in [1.82, 2.24) is 5.32 Å². The van der Waals surface area contributed by atoms with Gasteiger partial charge in [0.05, 0.1) is 0 Å². The van der Waals surface area contributed by atoms with E-state index in [0.29, 0.717) is 10.8 Å². The molecule has 130 valence electrons. The summed E-state index contributed by atoms with van der Waals surface area (Å²) in [6, 6.07) is 5.05. The van der Waals surface area contributed by atoms with Gasteiger partial charge in [0.2, 0.25) is 0 Å². The predicted octanol–water partition coefficient (Wildman–Crippen LogP) is 3.50. The van der Waals surface area contributed by atoms with E-state index in [1.807, 2.05) is 6.92 Å². The van der Waals surface area contributed by atoms with E-state index in [0.717, 1.165) is 5.56 Å². The third-order valence-electron chi connectivity index (χ3n) is 2.84. The Morgan fingerprint density at radius 1 is 1.39 bits per heavy atom. The van der Waals surface area contributed by atoms with Crippen LogP contribution in [0.5, 0.6) is 5.75 Å². The van der Waals surface area contributed by atoms with Crippen LogP contribution in [0.15, 0.2) is 18.2 Å². The molecule has 0 aromatic heterocycles. The first-order valence-electron chi connectivity index (χ1n) is 7.04. The summed E-state index contributed by atoms with van der Waals surface area (Å²) < 4.78 is 45.4. The number of ether oxygens (including phenoxy) is 2. The zero-order valence-electron chi connectivity index (χ0n) is 12.9. The van der Waals surface area contributed by atoms with Crippen LogP contribution in [-0.4, -0.2) is 37.9 Å². The van der Waals surface area contributed by atoms with Gasteiger partial charge in [-0.15, -0.1) is 0 Å². The summed E-state index contributed by atoms with van der Waals surface area (Å²) in [5, 5.41) is 3.18. The van der Waals surface area contributed by atoms with Gasteiger partial charge >= 0.3 is 6.18 Å². The predicted molar refractivity (Wildman–Crippen MR) is 80.8 cm³/mol. The van der Waals surface area contributed by atoms with E-state index in [1.54, 1.807) is 25.1 Å². The van der Waals surface area contributed by atoms with Crippen LogP contribution in [0.3, 0.4) is 0 Å². The maximum absolute atomic E-state index is 11.8. The van der Waals surface area contributed by atoms with Crippen LogP contribution in [-0.2, 0) is 9.53 Å². The molecule has 0 saturated heterocycles. The first kappa shape index (κ1) is 19.6. The van der Waals surface area contributed by atoms with Gasteiger partial charge in [-0.2, -0.15) is 13.2 Å². The van der Waals surface area contributed by atoms with E-state index in [-0.39, 0.29) is 25.5 Å². The Labute approximate surface area is 137 Å². The van der Waals surface area contributed by atoms with Gasteiger partial charge in [-0.05, 0) is 44.0 Å². The van der Waals surface area contributed by atoms with Gasteiger partial charge in [0.15, 0.2) is 6.10 Å². The minimum Gasteiger partial charge on any atom is -0.481 e. The standard InChI is InChI=1S/C15H19ClF3NO3/c1-10-8-12(4-5-13(10)16)23-11(2)14(21)20-6-3-7-22-9-15(17,18)19/h4-5,8,11H,3,6-7,9H2,1-2H3,(H,20,21). The summed E-state index contributed by atoms with van der Waals surface area (Å²) in [4.78, 5) is 11.8. The van der Waals surface area contributed by atoms with Gasteiger partial charge in [0, 0.05) is 18.2 Å². The molecule has 0 fully saturated rings. The molecule has 1 amide bonds. The molecule has 4 nitrogen and oxygen atoms in total. The number of halogens is 4. The van der Waals surface area contributed by atoms with E-state index < -0.39 is 18.9 Å². The molecule has 8 heteroatoms. The second-order valence-electron chi connectivity index (χ2n) is 4.98.